The van der Waals surface area contributed by atoms with Crippen LogP contribution in [-0.2, 0) is 6.42 Å². The van der Waals surface area contributed by atoms with Gasteiger partial charge in [0.2, 0.25) is 0 Å². The van der Waals surface area contributed by atoms with E-state index in [9.17, 15) is 4.39 Å². The molecule has 1 heterocycles. The van der Waals surface area contributed by atoms with Gasteiger partial charge in [-0.1, -0.05) is 36.8 Å². The zero-order valence-electron chi connectivity index (χ0n) is 12.7. The van der Waals surface area contributed by atoms with Crippen LogP contribution in [0, 0.1) is 5.82 Å². The summed E-state index contributed by atoms with van der Waals surface area (Å²) < 4.78 is 19.5. The molecule has 1 fully saturated rings. The summed E-state index contributed by atoms with van der Waals surface area (Å²) in [7, 11) is 0. The van der Waals surface area contributed by atoms with E-state index < -0.39 is 0 Å². The van der Waals surface area contributed by atoms with Gasteiger partial charge in [0.05, 0.1) is 0 Å². The Balaban J connectivity index is 1.68. The van der Waals surface area contributed by atoms with Gasteiger partial charge in [-0.15, -0.1) is 0 Å². The number of piperidine rings is 1. The molecule has 1 atom stereocenters. The quantitative estimate of drug-likeness (QED) is 0.864. The van der Waals surface area contributed by atoms with Crippen molar-refractivity contribution in [3.05, 3.63) is 59.9 Å². The molecule has 1 saturated heterocycles. The van der Waals surface area contributed by atoms with E-state index in [0.717, 1.165) is 30.7 Å². The van der Waals surface area contributed by atoms with E-state index in [1.807, 2.05) is 18.2 Å². The molecule has 1 unspecified atom stereocenters. The van der Waals surface area contributed by atoms with E-state index in [1.54, 1.807) is 18.2 Å². The van der Waals surface area contributed by atoms with Crippen molar-refractivity contribution in [3.8, 4) is 11.5 Å². The molecule has 0 radical (unpaired) electrons. The Kier molecular flexibility index (Phi) is 5.07. The van der Waals surface area contributed by atoms with Crippen molar-refractivity contribution in [2.45, 2.75) is 38.1 Å². The zero-order chi connectivity index (χ0) is 15.2. The van der Waals surface area contributed by atoms with Crippen LogP contribution in [0.1, 0.15) is 31.2 Å². The van der Waals surface area contributed by atoms with Crippen molar-refractivity contribution in [3.63, 3.8) is 0 Å². The summed E-state index contributed by atoms with van der Waals surface area (Å²) >= 11 is 0. The van der Waals surface area contributed by atoms with Gasteiger partial charge in [-0.2, -0.15) is 0 Å². The van der Waals surface area contributed by atoms with Crippen LogP contribution in [0.5, 0.6) is 11.5 Å². The number of hydrogen-bond donors (Lipinski definition) is 1. The van der Waals surface area contributed by atoms with Gasteiger partial charge in [0.1, 0.15) is 5.75 Å². The molecule has 0 bridgehead atoms. The standard InChI is InChI=1S/C19H22FNO/c20-17-9-2-4-11-19(17)22-18-10-3-1-7-15(18)12-13-16-8-5-6-14-21-16/h1-4,7,9-11,16,21H,5-6,8,12-14H2. The number of para-hydroxylation sites is 2. The summed E-state index contributed by atoms with van der Waals surface area (Å²) in [5.41, 5.74) is 1.14. The van der Waals surface area contributed by atoms with Gasteiger partial charge in [-0.3, -0.25) is 0 Å². The van der Waals surface area contributed by atoms with Gasteiger partial charge in [0.15, 0.2) is 11.6 Å². The lowest BCUT2D eigenvalue weighted by molar-refractivity contribution is 0.380. The first kappa shape index (κ1) is 15.0. The van der Waals surface area contributed by atoms with Gasteiger partial charge < -0.3 is 10.1 Å². The average Bonchev–Trinajstić information content (AvgIpc) is 2.57. The van der Waals surface area contributed by atoms with Gasteiger partial charge in [0.25, 0.3) is 0 Å². The van der Waals surface area contributed by atoms with Crippen LogP contribution in [0.2, 0.25) is 0 Å². The molecule has 0 saturated carbocycles. The van der Waals surface area contributed by atoms with E-state index in [0.29, 0.717) is 6.04 Å². The number of nitrogens with one attached hydrogen (secondary N) is 1. The maximum atomic E-state index is 13.7. The minimum Gasteiger partial charge on any atom is -0.454 e. The number of benzene rings is 2. The summed E-state index contributed by atoms with van der Waals surface area (Å²) in [6, 6.07) is 15.1. The van der Waals surface area contributed by atoms with Gasteiger partial charge in [0, 0.05) is 6.04 Å². The lowest BCUT2D eigenvalue weighted by atomic mass is 9.97. The molecule has 3 heteroatoms. The molecule has 1 aliphatic rings. The third kappa shape index (κ3) is 3.86. The Morgan fingerprint density at radius 1 is 1.00 bits per heavy atom. The Morgan fingerprint density at radius 2 is 1.77 bits per heavy atom. The summed E-state index contributed by atoms with van der Waals surface area (Å²) in [5.74, 6) is 0.709. The summed E-state index contributed by atoms with van der Waals surface area (Å²) in [4.78, 5) is 0. The highest BCUT2D eigenvalue weighted by Crippen LogP contribution is 2.28. The minimum atomic E-state index is -0.328. The van der Waals surface area contributed by atoms with Crippen LogP contribution < -0.4 is 10.1 Å². The van der Waals surface area contributed by atoms with Gasteiger partial charge >= 0.3 is 0 Å². The Labute approximate surface area is 131 Å². The Hall–Kier alpha value is -1.87. The second-order valence-corrected chi connectivity index (χ2v) is 5.83. The molecule has 1 N–H and O–H groups in total. The van der Waals surface area contributed by atoms with Crippen molar-refractivity contribution < 1.29 is 9.13 Å². The van der Waals surface area contributed by atoms with Crippen molar-refractivity contribution in [1.82, 2.24) is 5.32 Å². The SMILES string of the molecule is Fc1ccccc1Oc1ccccc1CCC1CCCCN1. The molecule has 2 aromatic carbocycles. The van der Waals surface area contributed by atoms with Crippen LogP contribution in [0.15, 0.2) is 48.5 Å². The smallest absolute Gasteiger partial charge is 0.165 e. The van der Waals surface area contributed by atoms with Crippen molar-refractivity contribution >= 4 is 0 Å². The molecule has 2 nitrogen and oxygen atoms in total. The summed E-state index contributed by atoms with van der Waals surface area (Å²) in [6.45, 7) is 1.12. The van der Waals surface area contributed by atoms with Crippen LogP contribution in [0.3, 0.4) is 0 Å². The highest BCUT2D eigenvalue weighted by atomic mass is 19.1. The highest BCUT2D eigenvalue weighted by molar-refractivity contribution is 5.38. The second-order valence-electron chi connectivity index (χ2n) is 5.83. The Bertz CT molecular complexity index is 608. The fourth-order valence-electron chi connectivity index (χ4n) is 2.96. The lowest BCUT2D eigenvalue weighted by Gasteiger charge is -2.23. The maximum Gasteiger partial charge on any atom is 0.165 e. The van der Waals surface area contributed by atoms with Crippen LogP contribution in [0.25, 0.3) is 0 Å². The number of hydrogen-bond acceptors (Lipinski definition) is 2. The van der Waals surface area contributed by atoms with E-state index in [2.05, 4.69) is 11.4 Å². The first-order valence-electron chi connectivity index (χ1n) is 8.06. The van der Waals surface area contributed by atoms with Gasteiger partial charge in [-0.25, -0.2) is 4.39 Å². The largest absolute Gasteiger partial charge is 0.454 e. The van der Waals surface area contributed by atoms with E-state index in [4.69, 9.17) is 4.74 Å². The van der Waals surface area contributed by atoms with Crippen molar-refractivity contribution in [1.29, 1.82) is 0 Å². The third-order valence-corrected chi connectivity index (χ3v) is 4.20. The molecule has 0 spiro atoms. The van der Waals surface area contributed by atoms with Crippen LogP contribution in [0.4, 0.5) is 4.39 Å². The van der Waals surface area contributed by atoms with Crippen molar-refractivity contribution in [2.75, 3.05) is 6.54 Å². The number of rotatable bonds is 5. The Morgan fingerprint density at radius 3 is 2.55 bits per heavy atom. The van der Waals surface area contributed by atoms with E-state index >= 15 is 0 Å². The molecule has 0 aliphatic carbocycles. The first-order chi connectivity index (χ1) is 10.8. The molecule has 22 heavy (non-hydrogen) atoms. The fourth-order valence-corrected chi connectivity index (χ4v) is 2.96. The van der Waals surface area contributed by atoms with Crippen LogP contribution in [-0.4, -0.2) is 12.6 Å². The van der Waals surface area contributed by atoms with E-state index in [-0.39, 0.29) is 11.6 Å². The second kappa shape index (κ2) is 7.41. The molecule has 0 amide bonds. The van der Waals surface area contributed by atoms with E-state index in [1.165, 1.54) is 25.3 Å². The summed E-state index contributed by atoms with van der Waals surface area (Å²) in [6.07, 6.45) is 5.88. The van der Waals surface area contributed by atoms with Crippen LogP contribution >= 0.6 is 0 Å². The number of ether oxygens (including phenoxy) is 1. The monoisotopic (exact) mass is 299 g/mol. The molecular weight excluding hydrogens is 277 g/mol. The highest BCUT2D eigenvalue weighted by Gasteiger charge is 2.14. The molecule has 1 aliphatic heterocycles. The summed E-state index contributed by atoms with van der Waals surface area (Å²) in [5, 5.41) is 3.57. The molecule has 0 aromatic heterocycles. The molecule has 116 valence electrons. The molecule has 3 rings (SSSR count). The molecular formula is C19H22FNO. The van der Waals surface area contributed by atoms with Crippen molar-refractivity contribution in [2.24, 2.45) is 0 Å². The minimum absolute atomic E-state index is 0.283. The zero-order valence-corrected chi connectivity index (χ0v) is 12.7. The third-order valence-electron chi connectivity index (χ3n) is 4.20. The van der Waals surface area contributed by atoms with Gasteiger partial charge in [-0.05, 0) is 56.0 Å². The topological polar surface area (TPSA) is 21.3 Å². The predicted octanol–water partition coefficient (Wildman–Crippen LogP) is 4.69. The lowest BCUT2D eigenvalue weighted by Crippen LogP contribution is -2.34. The number of aryl methyl sites for hydroxylation is 1. The normalized spacial score (nSPS) is 18.1. The number of halogens is 1. The average molecular weight is 299 g/mol. The molecule has 2 aromatic rings. The first-order valence-corrected chi connectivity index (χ1v) is 8.06. The maximum absolute atomic E-state index is 13.7. The predicted molar refractivity (Wildman–Crippen MR) is 86.9 cm³/mol. The fraction of sp³-hybridized carbons (Fsp3) is 0.368.